The normalized spacial score (nSPS) is 38.7. The third kappa shape index (κ3) is 20.5. The van der Waals surface area contributed by atoms with Gasteiger partial charge in [0.1, 0.15) is 29.7 Å². The predicted molar refractivity (Wildman–Crippen MR) is 274 cm³/mol. The first-order valence-corrected chi connectivity index (χ1v) is 28.5. The van der Waals surface area contributed by atoms with Crippen LogP contribution >= 0.6 is 0 Å². The molecular formula is C53H101NO17S. The summed E-state index contributed by atoms with van der Waals surface area (Å²) in [6.07, 6.45) is 7.87. The van der Waals surface area contributed by atoms with Crippen LogP contribution in [0.4, 0.5) is 0 Å². The van der Waals surface area contributed by atoms with Crippen LogP contribution in [-0.2, 0) is 52.6 Å². The van der Waals surface area contributed by atoms with Gasteiger partial charge >= 0.3 is 16.4 Å². The molecule has 0 unspecified atom stereocenters. The second-order valence-electron chi connectivity index (χ2n) is 22.3. The third-order valence-corrected chi connectivity index (χ3v) is 16.0. The molecule has 3 rings (SSSR count). The number of ketones is 1. The van der Waals surface area contributed by atoms with Crippen LogP contribution < -0.4 is 0 Å². The lowest BCUT2D eigenvalue weighted by Gasteiger charge is -2.49. The molecule has 0 amide bonds. The molecule has 0 aromatic heterocycles. The number of methoxy groups -OCH3 is 1. The third-order valence-electron chi connectivity index (χ3n) is 15.6. The summed E-state index contributed by atoms with van der Waals surface area (Å²) < 4.78 is 70.3. The van der Waals surface area contributed by atoms with Crippen LogP contribution in [0.25, 0.3) is 0 Å². The van der Waals surface area contributed by atoms with E-state index in [-0.39, 0.29) is 38.0 Å². The molecule has 72 heavy (non-hydrogen) atoms. The molecule has 0 bridgehead atoms. The van der Waals surface area contributed by atoms with E-state index in [0.717, 1.165) is 12.8 Å². The highest BCUT2D eigenvalue weighted by Crippen LogP contribution is 2.41. The van der Waals surface area contributed by atoms with Crippen molar-refractivity contribution in [3.63, 3.8) is 0 Å². The molecule has 3 aliphatic rings. The summed E-state index contributed by atoms with van der Waals surface area (Å²) in [6, 6.07) is -0.324. The predicted octanol–water partition coefficient (Wildman–Crippen LogP) is 7.07. The second kappa shape index (κ2) is 31.1. The lowest BCUT2D eigenvalue weighted by molar-refractivity contribution is -0.318. The van der Waals surface area contributed by atoms with Crippen molar-refractivity contribution in [2.75, 3.05) is 27.8 Å². The molecule has 426 valence electrons. The molecule has 19 heteroatoms. The number of hydrogen-bond donors (Lipinski definition) is 6. The minimum Gasteiger partial charge on any atom is -0.459 e. The fourth-order valence-electron chi connectivity index (χ4n) is 10.9. The number of hydrogen-bond acceptors (Lipinski definition) is 17. The topological polar surface area (TPSA) is 258 Å². The molecule has 0 aliphatic carbocycles. The van der Waals surface area contributed by atoms with Crippen LogP contribution in [0.15, 0.2) is 0 Å². The van der Waals surface area contributed by atoms with Crippen molar-refractivity contribution < 1.29 is 80.7 Å². The molecule has 0 spiro atoms. The van der Waals surface area contributed by atoms with Gasteiger partial charge in [-0.05, 0) is 81.3 Å². The number of Topliss-reactive ketones (excluding diaryl/α,β-unsaturated/α-hetero) is 1. The van der Waals surface area contributed by atoms with E-state index in [1.807, 2.05) is 25.9 Å². The maximum atomic E-state index is 14.1. The van der Waals surface area contributed by atoms with Crippen molar-refractivity contribution in [3.05, 3.63) is 0 Å². The average Bonchev–Trinajstić information content (AvgIpc) is 3.30. The summed E-state index contributed by atoms with van der Waals surface area (Å²) in [6.45, 7) is 18.7. The lowest BCUT2D eigenvalue weighted by Crippen LogP contribution is -2.61. The standard InChI is InChI=1S/C37H67NO13.C16H34O4S/c1-14-25-37(10,45)30(41)20(4)27(39)18(2)16-35(8,44)32(51-34-28(40)24(38(11)12)15-19(3)47-34)21(5)29(22(6)33(43)49-25)50-26-17-36(9,46-13)31(42)23(7)48-26;1-2-3-4-5-6-7-8-9-10-11-12-13-14-15-16-20-21(17,18)19/h18-26,28-32,34,40-42,44-45H,14-17H2,1-13H3;2-16H2,1H3,(H,17,18,19)/t18-,19-,20+,21-,22-,23+,24+,25-,26+,28-,29+,30+,31+,32-,34+,35-,36-,37-;/m1./s1. The van der Waals surface area contributed by atoms with Gasteiger partial charge in [-0.3, -0.25) is 14.1 Å². The first-order valence-electron chi connectivity index (χ1n) is 27.2. The van der Waals surface area contributed by atoms with Gasteiger partial charge in [0.15, 0.2) is 12.6 Å². The van der Waals surface area contributed by atoms with Crippen molar-refractivity contribution in [1.82, 2.24) is 4.90 Å². The number of ether oxygens (including phenoxy) is 6. The SMILES string of the molecule is CCCCCCCCCCCCCCCCOS(=O)(=O)O.CC[C@H]1OC(=O)[C@H](C)[C@@H](O[C@H]2C[C@@](C)(OC)[C@@H](O)[C@H](C)O2)[C@@H](C)[C@@H](O[C@@H]2O[C@H](C)C[C@H](N(C)C)[C@H]2O)[C@](C)(O)C[C@@H](C)C(=O)[C@H](C)[C@H](O)[C@]1(C)O. The van der Waals surface area contributed by atoms with E-state index in [2.05, 4.69) is 11.1 Å². The fraction of sp³-hybridized carbons (Fsp3) is 0.962. The van der Waals surface area contributed by atoms with E-state index in [1.54, 1.807) is 41.5 Å². The number of aliphatic hydroxyl groups excluding tert-OH is 3. The van der Waals surface area contributed by atoms with Gasteiger partial charge in [0.05, 0.1) is 54.2 Å². The van der Waals surface area contributed by atoms with E-state index < -0.39 is 118 Å². The Hall–Kier alpha value is -1.43. The summed E-state index contributed by atoms with van der Waals surface area (Å²) in [4.78, 5) is 29.8. The molecule has 6 N–H and O–H groups in total. The monoisotopic (exact) mass is 1060 g/mol. The van der Waals surface area contributed by atoms with E-state index >= 15 is 0 Å². The van der Waals surface area contributed by atoms with Crippen molar-refractivity contribution in [2.45, 2.75) is 276 Å². The number of rotatable bonds is 23. The van der Waals surface area contributed by atoms with Gasteiger partial charge in [-0.2, -0.15) is 8.42 Å². The van der Waals surface area contributed by atoms with Gasteiger partial charge in [0.2, 0.25) is 0 Å². The molecule has 3 saturated heterocycles. The zero-order chi connectivity index (χ0) is 54.8. The number of cyclic esters (lactones) is 1. The summed E-state index contributed by atoms with van der Waals surface area (Å²) in [7, 11) is 0.934. The van der Waals surface area contributed by atoms with Gasteiger partial charge in [0, 0.05) is 37.3 Å². The molecule has 0 radical (unpaired) electrons. The Morgan fingerprint density at radius 3 is 1.75 bits per heavy atom. The quantitative estimate of drug-likeness (QED) is 0.0340. The number of aliphatic hydroxyl groups is 5. The maximum absolute atomic E-state index is 14.1. The average molecular weight is 1060 g/mol. The van der Waals surface area contributed by atoms with Crippen molar-refractivity contribution in [2.24, 2.45) is 23.7 Å². The van der Waals surface area contributed by atoms with Crippen LogP contribution in [-0.4, -0.2) is 167 Å². The van der Waals surface area contributed by atoms with E-state index in [1.165, 1.54) is 98.5 Å². The molecule has 0 saturated carbocycles. The largest absolute Gasteiger partial charge is 0.459 e. The first-order chi connectivity index (χ1) is 33.5. The van der Waals surface area contributed by atoms with Gasteiger partial charge in [-0.15, -0.1) is 0 Å². The molecular weight excluding hydrogens is 955 g/mol. The number of unbranched alkanes of at least 4 members (excludes halogenated alkanes) is 13. The zero-order valence-corrected chi connectivity index (χ0v) is 47.4. The Labute approximate surface area is 433 Å². The molecule has 3 heterocycles. The van der Waals surface area contributed by atoms with Crippen LogP contribution in [0.2, 0.25) is 0 Å². The maximum Gasteiger partial charge on any atom is 0.397 e. The zero-order valence-electron chi connectivity index (χ0n) is 46.6. The Balaban J connectivity index is 0.000000710. The molecule has 0 aromatic rings. The summed E-state index contributed by atoms with van der Waals surface area (Å²) in [5, 5.41) is 57.6. The van der Waals surface area contributed by atoms with Crippen LogP contribution in [0.3, 0.4) is 0 Å². The van der Waals surface area contributed by atoms with Crippen LogP contribution in [0, 0.1) is 23.7 Å². The highest BCUT2D eigenvalue weighted by atomic mass is 32.3. The lowest BCUT2D eigenvalue weighted by atomic mass is 9.74. The fourth-order valence-corrected chi connectivity index (χ4v) is 11.2. The summed E-state index contributed by atoms with van der Waals surface area (Å²) >= 11 is 0. The van der Waals surface area contributed by atoms with E-state index in [4.69, 9.17) is 33.0 Å². The van der Waals surface area contributed by atoms with Crippen LogP contribution in [0.5, 0.6) is 0 Å². The first kappa shape index (κ1) is 66.7. The van der Waals surface area contributed by atoms with Crippen LogP contribution in [0.1, 0.15) is 192 Å². The van der Waals surface area contributed by atoms with Crippen molar-refractivity contribution in [1.29, 1.82) is 0 Å². The van der Waals surface area contributed by atoms with Crippen molar-refractivity contribution >= 4 is 22.2 Å². The number of likely N-dealkylation sites (N-methyl/N-ethyl adjacent to an activating group) is 1. The van der Waals surface area contributed by atoms with Gasteiger partial charge in [-0.25, -0.2) is 4.18 Å². The van der Waals surface area contributed by atoms with Gasteiger partial charge in [-0.1, -0.05) is 118 Å². The van der Waals surface area contributed by atoms with E-state index in [0.29, 0.717) is 12.8 Å². The minimum atomic E-state index is -4.24. The Morgan fingerprint density at radius 2 is 1.26 bits per heavy atom. The molecule has 18 nitrogen and oxygen atoms in total. The molecule has 3 aliphatic heterocycles. The summed E-state index contributed by atoms with van der Waals surface area (Å²) in [5.74, 6) is -4.98. The highest BCUT2D eigenvalue weighted by Gasteiger charge is 2.53. The van der Waals surface area contributed by atoms with E-state index in [9.17, 15) is 43.5 Å². The summed E-state index contributed by atoms with van der Waals surface area (Å²) in [5.41, 5.74) is -4.84. The van der Waals surface area contributed by atoms with Crippen molar-refractivity contribution in [3.8, 4) is 0 Å². The number of carbonyl (C=O) groups is 2. The second-order valence-corrected chi connectivity index (χ2v) is 23.4. The molecule has 3 fully saturated rings. The number of nitrogens with zero attached hydrogens (tertiary/aromatic N) is 1. The Morgan fingerprint density at radius 1 is 0.736 bits per heavy atom. The molecule has 18 atom stereocenters. The Kier molecular flexibility index (Phi) is 28.8. The van der Waals surface area contributed by atoms with Gasteiger partial charge < -0.3 is 58.9 Å². The molecule has 0 aromatic carbocycles. The Bertz CT molecular complexity index is 1670. The number of esters is 1. The highest BCUT2D eigenvalue weighted by molar-refractivity contribution is 7.80. The van der Waals surface area contributed by atoms with Gasteiger partial charge in [0.25, 0.3) is 0 Å². The minimum absolute atomic E-state index is 0.0936. The smallest absolute Gasteiger partial charge is 0.397 e. The number of carbonyl (C=O) groups excluding carboxylic acids is 2.